The van der Waals surface area contributed by atoms with Crippen molar-refractivity contribution in [3.8, 4) is 0 Å². The van der Waals surface area contributed by atoms with Crippen LogP contribution in [0.1, 0.15) is 43.7 Å². The molecule has 2 aliphatic rings. The maximum absolute atomic E-state index is 6.20. The molecule has 110 valence electrons. The molecule has 20 heavy (non-hydrogen) atoms. The van der Waals surface area contributed by atoms with Crippen molar-refractivity contribution in [1.82, 2.24) is 5.32 Å². The second-order valence-corrected chi connectivity index (χ2v) is 8.35. The second-order valence-electron chi connectivity index (χ2n) is 5.70. The molecule has 3 rings (SSSR count). The molecule has 1 aliphatic heterocycles. The van der Waals surface area contributed by atoms with Crippen LogP contribution in [0.5, 0.6) is 0 Å². The molecular formula is C16H22ClNS2. The van der Waals surface area contributed by atoms with Crippen molar-refractivity contribution in [2.45, 2.75) is 54.3 Å². The Hall–Kier alpha value is 0.170. The topological polar surface area (TPSA) is 12.0 Å². The van der Waals surface area contributed by atoms with Gasteiger partial charge in [-0.2, -0.15) is 11.8 Å². The normalized spacial score (nSPS) is 30.0. The number of fused-ring (bicyclic) bond motifs is 1. The van der Waals surface area contributed by atoms with Crippen molar-refractivity contribution >= 4 is 35.1 Å². The SMILES string of the molecule is CSC1CCCCC1NC1CCSc2ccc(Cl)cc21. The standard InChI is InChI=1S/C16H22ClNS2/c1-19-16-5-3-2-4-14(16)18-13-8-9-20-15-7-6-11(17)10-12(13)15/h6-7,10,13-14,16,18H,2-5,8-9H2,1H3. The molecule has 1 aromatic rings. The number of rotatable bonds is 3. The van der Waals surface area contributed by atoms with E-state index in [2.05, 4.69) is 23.7 Å². The fraction of sp³-hybridized carbons (Fsp3) is 0.625. The lowest BCUT2D eigenvalue weighted by Crippen LogP contribution is -2.43. The number of thioether (sulfide) groups is 2. The highest BCUT2D eigenvalue weighted by Gasteiger charge is 2.29. The largest absolute Gasteiger partial charge is 0.306 e. The third kappa shape index (κ3) is 3.32. The van der Waals surface area contributed by atoms with Gasteiger partial charge in [0.05, 0.1) is 0 Å². The first kappa shape index (κ1) is 15.1. The van der Waals surface area contributed by atoms with Gasteiger partial charge in [-0.1, -0.05) is 24.4 Å². The second kappa shape index (κ2) is 6.95. The molecule has 0 amide bonds. The van der Waals surface area contributed by atoms with E-state index < -0.39 is 0 Å². The molecule has 0 aromatic heterocycles. The van der Waals surface area contributed by atoms with Crippen LogP contribution in [0.15, 0.2) is 23.1 Å². The molecule has 3 unspecified atom stereocenters. The lowest BCUT2D eigenvalue weighted by atomic mass is 9.92. The van der Waals surface area contributed by atoms with Crippen LogP contribution in [0, 0.1) is 0 Å². The number of hydrogen-bond donors (Lipinski definition) is 1. The van der Waals surface area contributed by atoms with Gasteiger partial charge in [-0.15, -0.1) is 11.8 Å². The quantitative estimate of drug-likeness (QED) is 0.825. The monoisotopic (exact) mass is 327 g/mol. The molecule has 3 atom stereocenters. The van der Waals surface area contributed by atoms with E-state index in [4.69, 9.17) is 11.6 Å². The Balaban J connectivity index is 1.76. The summed E-state index contributed by atoms with van der Waals surface area (Å²) in [6, 6.07) is 7.52. The lowest BCUT2D eigenvalue weighted by Gasteiger charge is -2.36. The first-order valence-electron chi connectivity index (χ1n) is 7.49. The Kier molecular flexibility index (Phi) is 5.24. The maximum atomic E-state index is 6.20. The van der Waals surface area contributed by atoms with E-state index in [1.54, 1.807) is 0 Å². The van der Waals surface area contributed by atoms with Gasteiger partial charge < -0.3 is 5.32 Å². The van der Waals surface area contributed by atoms with Gasteiger partial charge in [-0.3, -0.25) is 0 Å². The van der Waals surface area contributed by atoms with Crippen LogP contribution in [-0.2, 0) is 0 Å². The van der Waals surface area contributed by atoms with Crippen LogP contribution in [-0.4, -0.2) is 23.3 Å². The molecule has 1 aliphatic carbocycles. The number of benzene rings is 1. The van der Waals surface area contributed by atoms with E-state index in [0.29, 0.717) is 12.1 Å². The first-order valence-corrected chi connectivity index (χ1v) is 10.1. The molecule has 1 heterocycles. The highest BCUT2D eigenvalue weighted by atomic mass is 35.5. The van der Waals surface area contributed by atoms with E-state index >= 15 is 0 Å². The number of nitrogens with one attached hydrogen (secondary N) is 1. The summed E-state index contributed by atoms with van der Waals surface area (Å²) < 4.78 is 0. The smallest absolute Gasteiger partial charge is 0.0410 e. The number of hydrogen-bond acceptors (Lipinski definition) is 3. The van der Waals surface area contributed by atoms with Gasteiger partial charge in [0.1, 0.15) is 0 Å². The predicted molar refractivity (Wildman–Crippen MR) is 92.2 cm³/mol. The van der Waals surface area contributed by atoms with E-state index in [1.165, 1.54) is 48.3 Å². The fourth-order valence-corrected chi connectivity index (χ4v) is 5.60. The molecule has 0 radical (unpaired) electrons. The van der Waals surface area contributed by atoms with Crippen molar-refractivity contribution in [3.63, 3.8) is 0 Å². The summed E-state index contributed by atoms with van der Waals surface area (Å²) in [6.07, 6.45) is 8.93. The van der Waals surface area contributed by atoms with Crippen LogP contribution >= 0.6 is 35.1 Å². The maximum Gasteiger partial charge on any atom is 0.0410 e. The van der Waals surface area contributed by atoms with E-state index in [0.717, 1.165) is 10.3 Å². The van der Waals surface area contributed by atoms with Crippen molar-refractivity contribution in [2.75, 3.05) is 12.0 Å². The molecule has 1 N–H and O–H groups in total. The van der Waals surface area contributed by atoms with Crippen LogP contribution in [0.25, 0.3) is 0 Å². The highest BCUT2D eigenvalue weighted by molar-refractivity contribution is 7.99. The number of halogens is 1. The summed E-state index contributed by atoms with van der Waals surface area (Å²) in [4.78, 5) is 1.41. The molecule has 1 fully saturated rings. The minimum Gasteiger partial charge on any atom is -0.306 e. The Morgan fingerprint density at radius 3 is 2.95 bits per heavy atom. The first-order chi connectivity index (χ1) is 9.78. The van der Waals surface area contributed by atoms with E-state index in [-0.39, 0.29) is 0 Å². The summed E-state index contributed by atoms with van der Waals surface area (Å²) in [7, 11) is 0. The minimum absolute atomic E-state index is 0.489. The van der Waals surface area contributed by atoms with Crippen molar-refractivity contribution in [3.05, 3.63) is 28.8 Å². The van der Waals surface area contributed by atoms with Gasteiger partial charge in [0.2, 0.25) is 0 Å². The molecular weight excluding hydrogens is 306 g/mol. The summed E-state index contributed by atoms with van der Waals surface area (Å²) >= 11 is 10.2. The van der Waals surface area contributed by atoms with Gasteiger partial charge in [0.15, 0.2) is 0 Å². The van der Waals surface area contributed by atoms with Crippen LogP contribution in [0.3, 0.4) is 0 Å². The summed E-state index contributed by atoms with van der Waals surface area (Å²) in [6.45, 7) is 0. The summed E-state index contributed by atoms with van der Waals surface area (Å²) in [5.74, 6) is 1.21. The van der Waals surface area contributed by atoms with Gasteiger partial charge >= 0.3 is 0 Å². The zero-order valence-electron chi connectivity index (χ0n) is 11.9. The zero-order chi connectivity index (χ0) is 13.9. The molecule has 0 bridgehead atoms. The van der Waals surface area contributed by atoms with Crippen molar-refractivity contribution in [2.24, 2.45) is 0 Å². The third-order valence-electron chi connectivity index (χ3n) is 4.43. The Bertz CT molecular complexity index is 466. The molecule has 1 aromatic carbocycles. The third-order valence-corrected chi connectivity index (χ3v) is 6.96. The molecule has 4 heteroatoms. The average molecular weight is 328 g/mol. The molecule has 0 spiro atoms. The minimum atomic E-state index is 0.489. The Labute approximate surface area is 135 Å². The summed E-state index contributed by atoms with van der Waals surface area (Å²) in [5.41, 5.74) is 1.42. The molecule has 1 saturated carbocycles. The van der Waals surface area contributed by atoms with Crippen molar-refractivity contribution < 1.29 is 0 Å². The van der Waals surface area contributed by atoms with Gasteiger partial charge in [-0.25, -0.2) is 0 Å². The highest BCUT2D eigenvalue weighted by Crippen LogP contribution is 2.39. The fourth-order valence-electron chi connectivity index (χ4n) is 3.37. The summed E-state index contributed by atoms with van der Waals surface area (Å²) in [5, 5.41) is 5.59. The molecule has 0 saturated heterocycles. The van der Waals surface area contributed by atoms with Gasteiger partial charge in [0, 0.05) is 27.3 Å². The van der Waals surface area contributed by atoms with Gasteiger partial charge in [-0.05, 0) is 55.0 Å². The van der Waals surface area contributed by atoms with Crippen LogP contribution < -0.4 is 5.32 Å². The predicted octanol–water partition coefficient (Wildman–Crippen LogP) is 5.14. The molecule has 1 nitrogen and oxygen atoms in total. The Morgan fingerprint density at radius 2 is 2.10 bits per heavy atom. The van der Waals surface area contributed by atoms with E-state index in [9.17, 15) is 0 Å². The average Bonchev–Trinajstić information content (AvgIpc) is 2.48. The van der Waals surface area contributed by atoms with E-state index in [1.807, 2.05) is 29.6 Å². The van der Waals surface area contributed by atoms with Crippen molar-refractivity contribution in [1.29, 1.82) is 0 Å². The zero-order valence-corrected chi connectivity index (χ0v) is 14.3. The van der Waals surface area contributed by atoms with Crippen LogP contribution in [0.4, 0.5) is 0 Å². The Morgan fingerprint density at radius 1 is 1.25 bits per heavy atom. The van der Waals surface area contributed by atoms with Crippen LogP contribution in [0.2, 0.25) is 5.02 Å². The van der Waals surface area contributed by atoms with Gasteiger partial charge in [0.25, 0.3) is 0 Å². The lowest BCUT2D eigenvalue weighted by molar-refractivity contribution is 0.341.